The lowest BCUT2D eigenvalue weighted by Gasteiger charge is -2.10. The normalized spacial score (nSPS) is 9.85. The van der Waals surface area contributed by atoms with E-state index < -0.39 is 5.91 Å². The van der Waals surface area contributed by atoms with E-state index in [0.717, 1.165) is 0 Å². The van der Waals surface area contributed by atoms with Gasteiger partial charge >= 0.3 is 0 Å². The van der Waals surface area contributed by atoms with Gasteiger partial charge in [0.2, 0.25) is 0 Å². The number of aromatic nitrogens is 2. The fraction of sp³-hybridized carbons (Fsp3) is 0.0526. The third-order valence-electron chi connectivity index (χ3n) is 3.55. The minimum Gasteiger partial charge on any atom is -0.495 e. The van der Waals surface area contributed by atoms with Crippen LogP contribution in [0.5, 0.6) is 5.75 Å². The van der Waals surface area contributed by atoms with Gasteiger partial charge in [0, 0.05) is 0 Å². The molecule has 0 saturated carbocycles. The number of benzene rings is 2. The summed E-state index contributed by atoms with van der Waals surface area (Å²) in [6, 6.07) is 16.2. The Balaban J connectivity index is 1.73. The number of nitrogens with zero attached hydrogens (tertiary/aromatic N) is 3. The zero-order valence-corrected chi connectivity index (χ0v) is 13.9. The van der Waals surface area contributed by atoms with Crippen molar-refractivity contribution in [2.75, 3.05) is 17.7 Å². The van der Waals surface area contributed by atoms with E-state index in [1.54, 1.807) is 36.4 Å². The molecule has 128 valence electrons. The van der Waals surface area contributed by atoms with E-state index in [1.165, 1.54) is 19.5 Å². The molecule has 3 rings (SSSR count). The molecule has 7 heteroatoms. The second kappa shape index (κ2) is 7.77. The van der Waals surface area contributed by atoms with Crippen LogP contribution in [0.15, 0.2) is 60.9 Å². The summed E-state index contributed by atoms with van der Waals surface area (Å²) < 4.78 is 5.20. The molecule has 0 aliphatic heterocycles. The molecular formula is C19H15N5O2. The monoisotopic (exact) mass is 345 g/mol. The zero-order valence-electron chi connectivity index (χ0n) is 13.9. The van der Waals surface area contributed by atoms with E-state index in [9.17, 15) is 4.79 Å². The SMILES string of the molecule is COc1ccccc1NC(=O)c1cnc(Nc2ccccc2C#N)cn1. The molecule has 1 heterocycles. The lowest BCUT2D eigenvalue weighted by atomic mass is 10.2. The minimum atomic E-state index is -0.397. The van der Waals surface area contributed by atoms with Gasteiger partial charge in [-0.25, -0.2) is 9.97 Å². The summed E-state index contributed by atoms with van der Waals surface area (Å²) in [6.45, 7) is 0. The second-order valence-electron chi connectivity index (χ2n) is 5.22. The van der Waals surface area contributed by atoms with Crippen molar-refractivity contribution in [1.82, 2.24) is 9.97 Å². The topological polar surface area (TPSA) is 99.9 Å². The van der Waals surface area contributed by atoms with Crippen molar-refractivity contribution >= 4 is 23.1 Å². The van der Waals surface area contributed by atoms with Crippen molar-refractivity contribution in [3.63, 3.8) is 0 Å². The number of amides is 1. The van der Waals surface area contributed by atoms with Crippen molar-refractivity contribution in [3.8, 4) is 11.8 Å². The molecule has 1 amide bonds. The summed E-state index contributed by atoms with van der Waals surface area (Å²) in [6.07, 6.45) is 2.80. The molecule has 26 heavy (non-hydrogen) atoms. The Labute approximate surface area is 150 Å². The highest BCUT2D eigenvalue weighted by Crippen LogP contribution is 2.23. The van der Waals surface area contributed by atoms with Crippen molar-refractivity contribution in [3.05, 3.63) is 72.2 Å². The highest BCUT2D eigenvalue weighted by Gasteiger charge is 2.11. The molecule has 0 radical (unpaired) electrons. The molecule has 0 bridgehead atoms. The van der Waals surface area contributed by atoms with E-state index in [-0.39, 0.29) is 5.69 Å². The van der Waals surface area contributed by atoms with Crippen LogP contribution < -0.4 is 15.4 Å². The molecule has 0 saturated heterocycles. The highest BCUT2D eigenvalue weighted by molar-refractivity contribution is 6.03. The van der Waals surface area contributed by atoms with Crippen LogP contribution >= 0.6 is 0 Å². The maximum atomic E-state index is 12.3. The van der Waals surface area contributed by atoms with Gasteiger partial charge in [-0.2, -0.15) is 5.26 Å². The Kier molecular flexibility index (Phi) is 5.05. The van der Waals surface area contributed by atoms with Gasteiger partial charge < -0.3 is 15.4 Å². The van der Waals surface area contributed by atoms with Gasteiger partial charge in [-0.05, 0) is 24.3 Å². The predicted octanol–water partition coefficient (Wildman–Crippen LogP) is 3.35. The predicted molar refractivity (Wildman–Crippen MR) is 97.4 cm³/mol. The standard InChI is InChI=1S/C19H15N5O2/c1-26-17-9-5-4-8-15(17)24-19(25)16-11-22-18(12-21-16)23-14-7-3-2-6-13(14)10-20/h2-9,11-12H,1H3,(H,22,23)(H,24,25). The maximum Gasteiger partial charge on any atom is 0.275 e. The van der Waals surface area contributed by atoms with Gasteiger partial charge in [0.1, 0.15) is 23.3 Å². The average Bonchev–Trinajstić information content (AvgIpc) is 2.69. The number of ether oxygens (including phenoxy) is 1. The van der Waals surface area contributed by atoms with Crippen LogP contribution in [0.2, 0.25) is 0 Å². The third kappa shape index (κ3) is 3.76. The highest BCUT2D eigenvalue weighted by atomic mass is 16.5. The molecule has 0 spiro atoms. The van der Waals surface area contributed by atoms with Crippen LogP contribution in [-0.4, -0.2) is 23.0 Å². The number of nitriles is 1. The van der Waals surface area contributed by atoms with Crippen molar-refractivity contribution in [1.29, 1.82) is 5.26 Å². The molecule has 0 aliphatic rings. The fourth-order valence-electron chi connectivity index (χ4n) is 2.27. The number of nitrogens with one attached hydrogen (secondary N) is 2. The van der Waals surface area contributed by atoms with Crippen LogP contribution in [0.25, 0.3) is 0 Å². The van der Waals surface area contributed by atoms with Crippen LogP contribution in [0.4, 0.5) is 17.2 Å². The molecule has 0 unspecified atom stereocenters. The first-order valence-corrected chi connectivity index (χ1v) is 7.74. The van der Waals surface area contributed by atoms with Gasteiger partial charge in [-0.3, -0.25) is 4.79 Å². The smallest absolute Gasteiger partial charge is 0.275 e. The first kappa shape index (κ1) is 16.9. The largest absolute Gasteiger partial charge is 0.495 e. The summed E-state index contributed by atoms with van der Waals surface area (Å²) in [5.41, 5.74) is 1.82. The van der Waals surface area contributed by atoms with E-state index in [2.05, 4.69) is 26.7 Å². The van der Waals surface area contributed by atoms with E-state index in [1.807, 2.05) is 12.1 Å². The quantitative estimate of drug-likeness (QED) is 0.735. The Morgan fingerprint density at radius 3 is 2.46 bits per heavy atom. The first-order valence-electron chi connectivity index (χ1n) is 7.74. The summed E-state index contributed by atoms with van der Waals surface area (Å²) in [5.74, 6) is 0.590. The van der Waals surface area contributed by atoms with Gasteiger partial charge in [-0.1, -0.05) is 24.3 Å². The van der Waals surface area contributed by atoms with E-state index in [0.29, 0.717) is 28.5 Å². The first-order chi connectivity index (χ1) is 12.7. The molecule has 2 N–H and O–H groups in total. The Hall–Kier alpha value is -3.92. The second-order valence-corrected chi connectivity index (χ2v) is 5.22. The molecule has 2 aromatic carbocycles. The summed E-state index contributed by atoms with van der Waals surface area (Å²) >= 11 is 0. The number of rotatable bonds is 5. The molecule has 0 fully saturated rings. The lowest BCUT2D eigenvalue weighted by molar-refractivity contribution is 0.102. The van der Waals surface area contributed by atoms with Crippen LogP contribution in [0.1, 0.15) is 16.1 Å². The molecular weight excluding hydrogens is 330 g/mol. The Morgan fingerprint density at radius 2 is 1.77 bits per heavy atom. The zero-order chi connectivity index (χ0) is 18.4. The van der Waals surface area contributed by atoms with Crippen LogP contribution in [0, 0.1) is 11.3 Å². The van der Waals surface area contributed by atoms with Gasteiger partial charge in [0.15, 0.2) is 0 Å². The fourth-order valence-corrected chi connectivity index (χ4v) is 2.27. The molecule has 0 aliphatic carbocycles. The summed E-state index contributed by atoms with van der Waals surface area (Å²) in [4.78, 5) is 20.6. The van der Waals surface area contributed by atoms with Crippen molar-refractivity contribution < 1.29 is 9.53 Å². The number of carbonyl (C=O) groups excluding carboxylic acids is 1. The molecule has 0 atom stereocenters. The lowest BCUT2D eigenvalue weighted by Crippen LogP contribution is -2.14. The average molecular weight is 345 g/mol. The number of para-hydroxylation sites is 3. The van der Waals surface area contributed by atoms with Crippen LogP contribution in [0.3, 0.4) is 0 Å². The summed E-state index contributed by atoms with van der Waals surface area (Å²) in [5, 5.41) is 14.9. The van der Waals surface area contributed by atoms with Gasteiger partial charge in [0.05, 0.1) is 36.4 Å². The summed E-state index contributed by atoms with van der Waals surface area (Å²) in [7, 11) is 1.53. The van der Waals surface area contributed by atoms with E-state index >= 15 is 0 Å². The Bertz CT molecular complexity index is 964. The van der Waals surface area contributed by atoms with Gasteiger partial charge in [-0.15, -0.1) is 0 Å². The molecule has 7 nitrogen and oxygen atoms in total. The number of hydrogen-bond donors (Lipinski definition) is 2. The van der Waals surface area contributed by atoms with Crippen LogP contribution in [-0.2, 0) is 0 Å². The third-order valence-corrected chi connectivity index (χ3v) is 3.55. The molecule has 1 aromatic heterocycles. The number of carbonyl (C=O) groups is 1. The van der Waals surface area contributed by atoms with Crippen molar-refractivity contribution in [2.24, 2.45) is 0 Å². The molecule has 3 aromatic rings. The maximum absolute atomic E-state index is 12.3. The van der Waals surface area contributed by atoms with Gasteiger partial charge in [0.25, 0.3) is 5.91 Å². The number of hydrogen-bond acceptors (Lipinski definition) is 6. The number of methoxy groups -OCH3 is 1. The van der Waals surface area contributed by atoms with E-state index in [4.69, 9.17) is 10.00 Å². The number of anilines is 3. The van der Waals surface area contributed by atoms with Crippen molar-refractivity contribution in [2.45, 2.75) is 0 Å². The Morgan fingerprint density at radius 1 is 1.04 bits per heavy atom. The minimum absolute atomic E-state index is 0.162.